The Balaban J connectivity index is 0.00000169. The van der Waals surface area contributed by atoms with E-state index >= 15 is 0 Å². The van der Waals surface area contributed by atoms with Gasteiger partial charge in [0.2, 0.25) is 0 Å². The van der Waals surface area contributed by atoms with Crippen LogP contribution >= 0.6 is 39.9 Å². The maximum Gasteiger partial charge on any atom is 0.140 e. The summed E-state index contributed by atoms with van der Waals surface area (Å²) in [5.74, 6) is 0.0744. The summed E-state index contributed by atoms with van der Waals surface area (Å²) in [6, 6.07) is 3.23. The molecular weight excluding hydrogens is 289 g/mol. The Bertz CT molecular complexity index is 320. The molecule has 0 unspecified atom stereocenters. The Hall–Kier alpha value is 0.0400. The number of benzene rings is 1. The van der Waals surface area contributed by atoms with Gasteiger partial charge in [-0.1, -0.05) is 34.5 Å². The molecule has 0 aliphatic rings. The van der Waals surface area contributed by atoms with Gasteiger partial charge in [0.25, 0.3) is 0 Å². The molecule has 0 radical (unpaired) electrons. The zero-order valence-electron chi connectivity index (χ0n) is 7.63. The van der Waals surface area contributed by atoms with Gasteiger partial charge >= 0.3 is 0 Å². The van der Waals surface area contributed by atoms with Crippen molar-refractivity contribution < 1.29 is 5.11 Å². The van der Waals surface area contributed by atoms with Crippen LogP contribution < -0.4 is 5.73 Å². The van der Waals surface area contributed by atoms with Gasteiger partial charge in [0.15, 0.2) is 0 Å². The maximum atomic E-state index is 9.64. The van der Waals surface area contributed by atoms with E-state index in [1.54, 1.807) is 12.1 Å². The number of hydrogen-bond donors (Lipinski definition) is 2. The van der Waals surface area contributed by atoms with Crippen LogP contribution in [0.1, 0.15) is 24.9 Å². The molecule has 1 rings (SSSR count). The molecule has 1 aromatic carbocycles. The number of nitrogens with two attached hydrogens (primary N) is 1. The Morgan fingerprint density at radius 3 is 2.64 bits per heavy atom. The predicted molar refractivity (Wildman–Crippen MR) is 65.3 cm³/mol. The largest absolute Gasteiger partial charge is 0.506 e. The first-order chi connectivity index (χ1) is 6.07. The molecule has 3 N–H and O–H groups in total. The Labute approximate surface area is 103 Å². The van der Waals surface area contributed by atoms with E-state index in [4.69, 9.17) is 17.3 Å². The summed E-state index contributed by atoms with van der Waals surface area (Å²) in [5, 5.41) is 9.97. The Morgan fingerprint density at radius 1 is 1.57 bits per heavy atom. The minimum atomic E-state index is -0.187. The molecule has 80 valence electrons. The third-order valence-corrected chi connectivity index (χ3v) is 2.92. The second-order valence-corrected chi connectivity index (χ2v) is 4.07. The van der Waals surface area contributed by atoms with Crippen LogP contribution in [-0.4, -0.2) is 5.11 Å². The maximum absolute atomic E-state index is 9.64. The van der Waals surface area contributed by atoms with Crippen LogP contribution in [0.4, 0.5) is 0 Å². The van der Waals surface area contributed by atoms with Crippen molar-refractivity contribution in [1.29, 1.82) is 0 Å². The fraction of sp³-hybridized carbons (Fsp3) is 0.333. The van der Waals surface area contributed by atoms with Crippen LogP contribution in [0, 0.1) is 0 Å². The summed E-state index contributed by atoms with van der Waals surface area (Å²) in [5.41, 5.74) is 6.49. The van der Waals surface area contributed by atoms with Gasteiger partial charge in [-0.05, 0) is 18.6 Å². The molecule has 0 aliphatic heterocycles. The number of phenols is 1. The molecular formula is C9H12BrCl2NO. The molecule has 0 amide bonds. The van der Waals surface area contributed by atoms with Crippen molar-refractivity contribution in [3.8, 4) is 5.75 Å². The second kappa shape index (κ2) is 5.81. The van der Waals surface area contributed by atoms with Crippen LogP contribution in [0.5, 0.6) is 5.75 Å². The predicted octanol–water partition coefficient (Wildman–Crippen LogP) is 3.64. The number of halogens is 3. The number of hydrogen-bond acceptors (Lipinski definition) is 2. The first-order valence-electron chi connectivity index (χ1n) is 4.00. The van der Waals surface area contributed by atoms with Gasteiger partial charge in [-0.15, -0.1) is 12.4 Å². The molecule has 0 saturated carbocycles. The van der Waals surface area contributed by atoms with E-state index in [2.05, 4.69) is 15.9 Å². The third kappa shape index (κ3) is 2.76. The van der Waals surface area contributed by atoms with Crippen molar-refractivity contribution in [3.63, 3.8) is 0 Å². The normalized spacial score (nSPS) is 12.0. The summed E-state index contributed by atoms with van der Waals surface area (Å²) in [6.45, 7) is 1.96. The van der Waals surface area contributed by atoms with Crippen LogP contribution in [0.3, 0.4) is 0 Å². The fourth-order valence-electron chi connectivity index (χ4n) is 1.11. The minimum Gasteiger partial charge on any atom is -0.506 e. The molecule has 0 bridgehead atoms. The summed E-state index contributed by atoms with van der Waals surface area (Å²) >= 11 is 9.08. The molecule has 0 spiro atoms. The lowest BCUT2D eigenvalue weighted by molar-refractivity contribution is 0.459. The highest BCUT2D eigenvalue weighted by Crippen LogP contribution is 2.37. The molecule has 1 atom stereocenters. The van der Waals surface area contributed by atoms with Gasteiger partial charge < -0.3 is 10.8 Å². The third-order valence-electron chi connectivity index (χ3n) is 1.93. The van der Waals surface area contributed by atoms with E-state index in [9.17, 15) is 5.11 Å². The summed E-state index contributed by atoms with van der Waals surface area (Å²) in [7, 11) is 0. The molecule has 0 fully saturated rings. The zero-order valence-corrected chi connectivity index (χ0v) is 10.8. The van der Waals surface area contributed by atoms with E-state index in [0.29, 0.717) is 10.6 Å². The molecule has 0 saturated heterocycles. The molecule has 5 heteroatoms. The van der Waals surface area contributed by atoms with Crippen molar-refractivity contribution >= 4 is 39.9 Å². The first-order valence-corrected chi connectivity index (χ1v) is 5.17. The van der Waals surface area contributed by atoms with Crippen LogP contribution in [0.2, 0.25) is 5.02 Å². The highest BCUT2D eigenvalue weighted by molar-refractivity contribution is 9.10. The van der Waals surface area contributed by atoms with Crippen molar-refractivity contribution in [2.24, 2.45) is 5.73 Å². The molecule has 1 aromatic rings. The van der Waals surface area contributed by atoms with Gasteiger partial charge in [-0.2, -0.15) is 0 Å². The Morgan fingerprint density at radius 2 is 2.14 bits per heavy atom. The smallest absolute Gasteiger partial charge is 0.140 e. The lowest BCUT2D eigenvalue weighted by Crippen LogP contribution is -2.09. The summed E-state index contributed by atoms with van der Waals surface area (Å²) in [4.78, 5) is 0. The van der Waals surface area contributed by atoms with Gasteiger partial charge in [0.05, 0.1) is 5.02 Å². The van der Waals surface area contributed by atoms with E-state index in [0.717, 1.165) is 10.9 Å². The molecule has 0 aromatic heterocycles. The minimum absolute atomic E-state index is 0. The topological polar surface area (TPSA) is 46.2 Å². The summed E-state index contributed by atoms with van der Waals surface area (Å²) in [6.07, 6.45) is 0.756. The number of phenolic OH excluding ortho intramolecular Hbond substituents is 1. The van der Waals surface area contributed by atoms with Crippen molar-refractivity contribution in [2.75, 3.05) is 0 Å². The van der Waals surface area contributed by atoms with E-state index in [-0.39, 0.29) is 24.2 Å². The average molecular weight is 301 g/mol. The quantitative estimate of drug-likeness (QED) is 0.876. The highest BCUT2D eigenvalue weighted by Gasteiger charge is 2.15. The fourth-order valence-corrected chi connectivity index (χ4v) is 1.89. The zero-order chi connectivity index (χ0) is 10.0. The van der Waals surface area contributed by atoms with Crippen molar-refractivity contribution in [3.05, 3.63) is 27.2 Å². The molecule has 0 aliphatic carbocycles. The SMILES string of the molecule is CC[C@H](N)c1c(Br)ccc(Cl)c1O.Cl. The standard InChI is InChI=1S/C9H11BrClNO.ClH/c1-2-7(12)8-5(10)3-4-6(11)9(8)13;/h3-4,7,13H,2,12H2,1H3;1H/t7-;/m0./s1. The monoisotopic (exact) mass is 299 g/mol. The van der Waals surface area contributed by atoms with Gasteiger partial charge in [0.1, 0.15) is 5.75 Å². The van der Waals surface area contributed by atoms with Gasteiger partial charge in [-0.3, -0.25) is 0 Å². The number of aromatic hydroxyl groups is 1. The van der Waals surface area contributed by atoms with Gasteiger partial charge in [-0.25, -0.2) is 0 Å². The second-order valence-electron chi connectivity index (χ2n) is 2.81. The summed E-state index contributed by atoms with van der Waals surface area (Å²) < 4.78 is 0.795. The molecule has 2 nitrogen and oxygen atoms in total. The van der Waals surface area contributed by atoms with E-state index in [1.807, 2.05) is 6.92 Å². The lowest BCUT2D eigenvalue weighted by atomic mass is 10.0. The molecule has 14 heavy (non-hydrogen) atoms. The van der Waals surface area contributed by atoms with Gasteiger partial charge in [0, 0.05) is 16.1 Å². The number of rotatable bonds is 2. The average Bonchev–Trinajstić information content (AvgIpc) is 2.12. The van der Waals surface area contributed by atoms with Crippen LogP contribution in [-0.2, 0) is 0 Å². The first kappa shape index (κ1) is 14.0. The van der Waals surface area contributed by atoms with Crippen molar-refractivity contribution in [2.45, 2.75) is 19.4 Å². The van der Waals surface area contributed by atoms with E-state index < -0.39 is 0 Å². The van der Waals surface area contributed by atoms with Crippen molar-refractivity contribution in [1.82, 2.24) is 0 Å². The van der Waals surface area contributed by atoms with Crippen LogP contribution in [0.15, 0.2) is 16.6 Å². The van der Waals surface area contributed by atoms with E-state index in [1.165, 1.54) is 0 Å². The lowest BCUT2D eigenvalue weighted by Gasteiger charge is -2.14. The Kier molecular flexibility index (Phi) is 5.83. The highest BCUT2D eigenvalue weighted by atomic mass is 79.9. The van der Waals surface area contributed by atoms with Crippen LogP contribution in [0.25, 0.3) is 0 Å². The molecule has 0 heterocycles.